The van der Waals surface area contributed by atoms with Crippen molar-refractivity contribution >= 4 is 5.97 Å². The van der Waals surface area contributed by atoms with Crippen LogP contribution < -0.4 is 5.73 Å². The Morgan fingerprint density at radius 2 is 2.15 bits per heavy atom. The second kappa shape index (κ2) is 5.56. The molecule has 1 aromatic rings. The summed E-state index contributed by atoms with van der Waals surface area (Å²) in [5.41, 5.74) is 10.1. The van der Waals surface area contributed by atoms with E-state index in [1.807, 2.05) is 0 Å². The molecule has 0 aromatic heterocycles. The van der Waals surface area contributed by atoms with Crippen molar-refractivity contribution in [3.05, 3.63) is 34.9 Å². The molecule has 26 heavy (non-hydrogen) atoms. The van der Waals surface area contributed by atoms with Crippen LogP contribution in [0.15, 0.2) is 18.2 Å². The van der Waals surface area contributed by atoms with Crippen LogP contribution in [0.1, 0.15) is 55.7 Å². The van der Waals surface area contributed by atoms with Crippen molar-refractivity contribution in [3.63, 3.8) is 0 Å². The second-order valence-electron chi connectivity index (χ2n) is 9.30. The Morgan fingerprint density at radius 1 is 1.35 bits per heavy atom. The standard InChI is InChI=1S/C22H30N2O2/c1-14-3-6-17-10-20-22(26-15(2)25)12-18(23)11-21(22,19(17)9-14)7-8-24(20)13-16-4-5-16/h3,6,9,16,18,20H,4-5,7-8,10-13,23H2,1-2H3/t18-,20+,21+,22+/m0/s1. The highest BCUT2D eigenvalue weighted by atomic mass is 16.6. The van der Waals surface area contributed by atoms with Crippen molar-refractivity contribution in [1.82, 2.24) is 4.90 Å². The van der Waals surface area contributed by atoms with Gasteiger partial charge in [0.25, 0.3) is 0 Å². The van der Waals surface area contributed by atoms with Crippen LogP contribution in [0.3, 0.4) is 0 Å². The molecule has 3 fully saturated rings. The van der Waals surface area contributed by atoms with Gasteiger partial charge in [0.2, 0.25) is 0 Å². The number of fused-ring (bicyclic) bond motifs is 1. The minimum absolute atomic E-state index is 0.101. The molecular weight excluding hydrogens is 324 g/mol. The predicted octanol–water partition coefficient (Wildman–Crippen LogP) is 2.70. The second-order valence-corrected chi connectivity index (χ2v) is 9.30. The summed E-state index contributed by atoms with van der Waals surface area (Å²) in [4.78, 5) is 14.9. The molecule has 4 heteroatoms. The van der Waals surface area contributed by atoms with Gasteiger partial charge in [-0.05, 0) is 62.6 Å². The summed E-state index contributed by atoms with van der Waals surface area (Å²) < 4.78 is 6.30. The van der Waals surface area contributed by atoms with Crippen LogP contribution in [-0.2, 0) is 21.4 Å². The highest BCUT2D eigenvalue weighted by molar-refractivity contribution is 5.68. The quantitative estimate of drug-likeness (QED) is 0.848. The highest BCUT2D eigenvalue weighted by Crippen LogP contribution is 2.61. The minimum Gasteiger partial charge on any atom is -0.457 e. The normalized spacial score (nSPS) is 38.6. The molecule has 140 valence electrons. The fourth-order valence-electron chi connectivity index (χ4n) is 6.43. The van der Waals surface area contributed by atoms with E-state index in [0.717, 1.165) is 44.7 Å². The van der Waals surface area contributed by atoms with E-state index in [2.05, 4.69) is 30.0 Å². The van der Waals surface area contributed by atoms with E-state index in [1.165, 1.54) is 29.5 Å². The van der Waals surface area contributed by atoms with Crippen molar-refractivity contribution in [2.24, 2.45) is 11.7 Å². The van der Waals surface area contributed by atoms with Crippen molar-refractivity contribution < 1.29 is 9.53 Å². The maximum absolute atomic E-state index is 12.2. The van der Waals surface area contributed by atoms with Crippen LogP contribution in [0.25, 0.3) is 0 Å². The van der Waals surface area contributed by atoms with Gasteiger partial charge in [0.05, 0.1) is 6.04 Å². The van der Waals surface area contributed by atoms with Crippen molar-refractivity contribution in [2.75, 3.05) is 13.1 Å². The van der Waals surface area contributed by atoms with Gasteiger partial charge < -0.3 is 10.5 Å². The van der Waals surface area contributed by atoms with Crippen molar-refractivity contribution in [1.29, 1.82) is 0 Å². The molecule has 4 nitrogen and oxygen atoms in total. The molecular formula is C22H30N2O2. The first kappa shape index (κ1) is 16.8. The third-order valence-electron chi connectivity index (χ3n) is 7.50. The third kappa shape index (κ3) is 2.24. The summed E-state index contributed by atoms with van der Waals surface area (Å²) in [7, 11) is 0. The average Bonchev–Trinajstić information content (AvgIpc) is 3.31. The Hall–Kier alpha value is -1.39. The van der Waals surface area contributed by atoms with Gasteiger partial charge in [-0.2, -0.15) is 0 Å². The summed E-state index contributed by atoms with van der Waals surface area (Å²) in [6.07, 6.45) is 6.46. The van der Waals surface area contributed by atoms with E-state index in [1.54, 1.807) is 6.92 Å². The van der Waals surface area contributed by atoms with E-state index >= 15 is 0 Å². The van der Waals surface area contributed by atoms with Crippen molar-refractivity contribution in [3.8, 4) is 0 Å². The Balaban J connectivity index is 1.68. The Labute approximate surface area is 156 Å². The number of esters is 1. The molecule has 0 unspecified atom stereocenters. The Bertz CT molecular complexity index is 759. The number of rotatable bonds is 3. The van der Waals surface area contributed by atoms with E-state index in [0.29, 0.717) is 0 Å². The molecule has 4 atom stereocenters. The third-order valence-corrected chi connectivity index (χ3v) is 7.50. The molecule has 1 heterocycles. The van der Waals surface area contributed by atoms with Gasteiger partial charge in [-0.25, -0.2) is 0 Å². The van der Waals surface area contributed by atoms with Gasteiger partial charge in [0.1, 0.15) is 5.60 Å². The molecule has 0 radical (unpaired) electrons. The maximum atomic E-state index is 12.2. The zero-order chi connectivity index (χ0) is 18.1. The topological polar surface area (TPSA) is 55.6 Å². The summed E-state index contributed by atoms with van der Waals surface area (Å²) in [5.74, 6) is 0.684. The first-order chi connectivity index (χ1) is 12.4. The smallest absolute Gasteiger partial charge is 0.303 e. The molecule has 1 aromatic carbocycles. The fraction of sp³-hybridized carbons (Fsp3) is 0.682. The van der Waals surface area contributed by atoms with E-state index in [4.69, 9.17) is 10.5 Å². The summed E-state index contributed by atoms with van der Waals surface area (Å²) in [6.45, 7) is 5.98. The molecule has 3 aliphatic carbocycles. The molecule has 0 spiro atoms. The van der Waals surface area contributed by atoms with Crippen molar-refractivity contribution in [2.45, 2.75) is 75.5 Å². The number of ether oxygens (including phenoxy) is 1. The predicted molar refractivity (Wildman–Crippen MR) is 101 cm³/mol. The number of benzene rings is 1. The molecule has 2 N–H and O–H groups in total. The summed E-state index contributed by atoms with van der Waals surface area (Å²) in [6, 6.07) is 7.25. The minimum atomic E-state index is -0.452. The van der Waals surface area contributed by atoms with Crippen LogP contribution in [0, 0.1) is 12.8 Å². The van der Waals surface area contributed by atoms with Gasteiger partial charge in [0.15, 0.2) is 0 Å². The van der Waals surface area contributed by atoms with Crippen LogP contribution in [0.5, 0.6) is 0 Å². The average molecular weight is 354 g/mol. The summed E-state index contributed by atoms with van der Waals surface area (Å²) >= 11 is 0. The lowest BCUT2D eigenvalue weighted by Gasteiger charge is -2.60. The number of likely N-dealkylation sites (tertiary alicyclic amines) is 1. The number of nitrogens with two attached hydrogens (primary N) is 1. The number of carbonyl (C=O) groups excluding carboxylic acids is 1. The summed E-state index contributed by atoms with van der Waals surface area (Å²) in [5, 5.41) is 0. The number of aryl methyl sites for hydroxylation is 1. The Morgan fingerprint density at radius 3 is 2.88 bits per heavy atom. The number of hydrogen-bond donors (Lipinski definition) is 1. The zero-order valence-corrected chi connectivity index (χ0v) is 16.0. The lowest BCUT2D eigenvalue weighted by atomic mass is 9.55. The van der Waals surface area contributed by atoms with Crippen LogP contribution in [-0.4, -0.2) is 41.6 Å². The molecule has 2 saturated carbocycles. The molecule has 1 saturated heterocycles. The fourth-order valence-corrected chi connectivity index (χ4v) is 6.43. The molecule has 5 rings (SSSR count). The van der Waals surface area contributed by atoms with E-state index in [9.17, 15) is 4.79 Å². The van der Waals surface area contributed by atoms with Gasteiger partial charge in [-0.3, -0.25) is 9.69 Å². The largest absolute Gasteiger partial charge is 0.457 e. The number of hydrogen-bond acceptors (Lipinski definition) is 4. The van der Waals surface area contributed by atoms with Gasteiger partial charge >= 0.3 is 5.97 Å². The highest BCUT2D eigenvalue weighted by Gasteiger charge is 2.69. The maximum Gasteiger partial charge on any atom is 0.303 e. The van der Waals surface area contributed by atoms with Crippen LogP contribution >= 0.6 is 0 Å². The first-order valence-corrected chi connectivity index (χ1v) is 10.2. The van der Waals surface area contributed by atoms with Gasteiger partial charge in [-0.1, -0.05) is 23.8 Å². The van der Waals surface area contributed by atoms with E-state index < -0.39 is 5.60 Å². The first-order valence-electron chi connectivity index (χ1n) is 10.2. The lowest BCUT2D eigenvalue weighted by Crippen LogP contribution is -2.70. The van der Waals surface area contributed by atoms with Crippen LogP contribution in [0.2, 0.25) is 0 Å². The van der Waals surface area contributed by atoms with Crippen LogP contribution in [0.4, 0.5) is 0 Å². The molecule has 4 aliphatic rings. The SMILES string of the molecule is CC(=O)O[C@@]12C[C@@H](N)C[C@@]13CCN(CC1CC1)[C@@H]2Cc1ccc(C)cc13. The zero-order valence-electron chi connectivity index (χ0n) is 16.0. The monoisotopic (exact) mass is 354 g/mol. The lowest BCUT2D eigenvalue weighted by molar-refractivity contribution is -0.188. The van der Waals surface area contributed by atoms with E-state index in [-0.39, 0.29) is 23.5 Å². The molecule has 1 aliphatic heterocycles. The number of carbonyl (C=O) groups is 1. The number of nitrogens with zero attached hydrogens (tertiary/aromatic N) is 1. The van der Waals surface area contributed by atoms with Gasteiger partial charge in [-0.15, -0.1) is 0 Å². The number of piperidine rings is 1. The Kier molecular flexibility index (Phi) is 3.58. The molecule has 0 amide bonds. The molecule has 2 bridgehead atoms. The van der Waals surface area contributed by atoms with Gasteiger partial charge in [0, 0.05) is 31.3 Å².